The van der Waals surface area contributed by atoms with Crippen LogP contribution in [-0.4, -0.2) is 22.0 Å². The highest BCUT2D eigenvalue weighted by molar-refractivity contribution is 6.00. The van der Waals surface area contributed by atoms with Gasteiger partial charge in [0.25, 0.3) is 5.91 Å². The first-order valence-electron chi connectivity index (χ1n) is 8.35. The summed E-state index contributed by atoms with van der Waals surface area (Å²) in [6.45, 7) is 0. The Morgan fingerprint density at radius 3 is 2.81 bits per heavy atom. The fourth-order valence-electron chi connectivity index (χ4n) is 7.02. The van der Waals surface area contributed by atoms with Gasteiger partial charge in [0.1, 0.15) is 0 Å². The van der Waals surface area contributed by atoms with E-state index in [0.717, 1.165) is 17.0 Å². The van der Waals surface area contributed by atoms with Crippen LogP contribution in [0.15, 0.2) is 24.3 Å². The minimum atomic E-state index is -1.00. The second kappa shape index (κ2) is 3.19. The zero-order valence-corrected chi connectivity index (χ0v) is 11.9. The highest BCUT2D eigenvalue weighted by atomic mass is 16.3. The van der Waals surface area contributed by atoms with Gasteiger partial charge in [-0.1, -0.05) is 18.2 Å². The first-order valence-corrected chi connectivity index (χ1v) is 8.35. The summed E-state index contributed by atoms with van der Waals surface area (Å²) >= 11 is 0. The number of aliphatic hydroxyl groups is 1. The third-order valence-electron chi connectivity index (χ3n) is 7.28. The molecule has 108 valence electrons. The Morgan fingerprint density at radius 2 is 1.90 bits per heavy atom. The molecule has 1 amide bonds. The molecule has 0 aromatic heterocycles. The summed E-state index contributed by atoms with van der Waals surface area (Å²) in [6.07, 6.45) is 5.02. The van der Waals surface area contributed by atoms with Crippen molar-refractivity contribution in [2.75, 3.05) is 0 Å². The normalized spacial score (nSPS) is 51.5. The van der Waals surface area contributed by atoms with Gasteiger partial charge in [0, 0.05) is 23.1 Å². The number of hydrogen-bond acceptors (Lipinski definition) is 2. The lowest BCUT2D eigenvalue weighted by atomic mass is 9.50. The van der Waals surface area contributed by atoms with Crippen molar-refractivity contribution < 1.29 is 9.90 Å². The summed E-state index contributed by atoms with van der Waals surface area (Å²) in [5.41, 5.74) is 0.627. The minimum absolute atomic E-state index is 0.0802. The van der Waals surface area contributed by atoms with Crippen molar-refractivity contribution in [2.24, 2.45) is 29.6 Å². The molecule has 6 aliphatic rings. The zero-order chi connectivity index (χ0) is 13.9. The Bertz CT molecular complexity index is 686. The molecule has 1 N–H and O–H groups in total. The molecule has 4 aliphatic carbocycles. The molecule has 7 atom stereocenters. The molecule has 1 aromatic rings. The van der Waals surface area contributed by atoms with E-state index in [9.17, 15) is 9.90 Å². The van der Waals surface area contributed by atoms with Crippen LogP contribution in [0, 0.1) is 29.6 Å². The van der Waals surface area contributed by atoms with Crippen LogP contribution in [0.5, 0.6) is 0 Å². The second-order valence-electron chi connectivity index (χ2n) is 7.96. The number of carbonyl (C=O) groups is 1. The Labute approximate surface area is 123 Å². The average Bonchev–Trinajstić information content (AvgIpc) is 2.84. The molecule has 0 radical (unpaired) electrons. The number of nitrogens with zero attached hydrogens (tertiary/aromatic N) is 1. The molecule has 3 heteroatoms. The van der Waals surface area contributed by atoms with Crippen LogP contribution >= 0.6 is 0 Å². The van der Waals surface area contributed by atoms with Gasteiger partial charge in [-0.3, -0.25) is 4.79 Å². The van der Waals surface area contributed by atoms with Gasteiger partial charge in [-0.2, -0.15) is 0 Å². The van der Waals surface area contributed by atoms with Crippen molar-refractivity contribution in [3.05, 3.63) is 35.4 Å². The molecule has 2 heterocycles. The first kappa shape index (κ1) is 11.2. The largest absolute Gasteiger partial charge is 0.366 e. The molecule has 21 heavy (non-hydrogen) atoms. The van der Waals surface area contributed by atoms with Gasteiger partial charge < -0.3 is 10.0 Å². The topological polar surface area (TPSA) is 40.5 Å². The van der Waals surface area contributed by atoms with Gasteiger partial charge in [0.15, 0.2) is 5.72 Å². The van der Waals surface area contributed by atoms with E-state index in [4.69, 9.17) is 0 Å². The van der Waals surface area contributed by atoms with E-state index in [0.29, 0.717) is 23.8 Å². The van der Waals surface area contributed by atoms with Gasteiger partial charge in [-0.15, -0.1) is 0 Å². The second-order valence-corrected chi connectivity index (χ2v) is 7.96. The minimum Gasteiger partial charge on any atom is -0.366 e. The van der Waals surface area contributed by atoms with E-state index < -0.39 is 5.72 Å². The summed E-state index contributed by atoms with van der Waals surface area (Å²) in [6, 6.07) is 8.05. The number of benzene rings is 1. The van der Waals surface area contributed by atoms with E-state index in [1.807, 2.05) is 29.2 Å². The summed E-state index contributed by atoms with van der Waals surface area (Å²) in [5, 5.41) is 11.7. The summed E-state index contributed by atoms with van der Waals surface area (Å²) in [5.74, 6) is 3.03. The van der Waals surface area contributed by atoms with Gasteiger partial charge in [0.05, 0.1) is 0 Å². The van der Waals surface area contributed by atoms with Gasteiger partial charge in [-0.25, -0.2) is 0 Å². The SMILES string of the molecule is O=C1c2ccccc2[C@]2(O)C3C4C[C@H]5CC(C[C@H]3C5)C4N12. The van der Waals surface area contributed by atoms with E-state index in [2.05, 4.69) is 0 Å². The van der Waals surface area contributed by atoms with Crippen LogP contribution in [0.3, 0.4) is 0 Å². The molecule has 1 saturated heterocycles. The Hall–Kier alpha value is -1.35. The fourth-order valence-corrected chi connectivity index (χ4v) is 7.02. The molecule has 7 rings (SSSR count). The van der Waals surface area contributed by atoms with Crippen molar-refractivity contribution in [1.82, 2.24) is 4.90 Å². The van der Waals surface area contributed by atoms with Crippen LogP contribution in [0.4, 0.5) is 0 Å². The Balaban J connectivity index is 1.64. The van der Waals surface area contributed by atoms with Crippen LogP contribution in [0.2, 0.25) is 0 Å². The van der Waals surface area contributed by atoms with E-state index in [1.165, 1.54) is 25.7 Å². The highest BCUT2D eigenvalue weighted by Crippen LogP contribution is 2.69. The van der Waals surface area contributed by atoms with Crippen LogP contribution in [-0.2, 0) is 5.72 Å². The van der Waals surface area contributed by atoms with E-state index in [-0.39, 0.29) is 11.8 Å². The van der Waals surface area contributed by atoms with Crippen molar-refractivity contribution in [2.45, 2.75) is 37.5 Å². The molecule has 4 unspecified atom stereocenters. The molecule has 6 bridgehead atoms. The fraction of sp³-hybridized carbons (Fsp3) is 0.611. The molecule has 4 saturated carbocycles. The zero-order valence-electron chi connectivity index (χ0n) is 11.9. The Morgan fingerprint density at radius 1 is 1.10 bits per heavy atom. The van der Waals surface area contributed by atoms with E-state index >= 15 is 0 Å². The lowest BCUT2D eigenvalue weighted by Crippen LogP contribution is -2.52. The molecule has 5 fully saturated rings. The summed E-state index contributed by atoms with van der Waals surface area (Å²) in [4.78, 5) is 14.9. The van der Waals surface area contributed by atoms with E-state index in [1.54, 1.807) is 0 Å². The number of rotatable bonds is 0. The quantitative estimate of drug-likeness (QED) is 0.793. The Kier molecular flexibility index (Phi) is 1.71. The predicted octanol–water partition coefficient (Wildman–Crippen LogP) is 2.35. The number of amides is 1. The monoisotopic (exact) mass is 281 g/mol. The summed E-state index contributed by atoms with van der Waals surface area (Å²) < 4.78 is 0. The lowest BCUT2D eigenvalue weighted by Gasteiger charge is -2.54. The average molecular weight is 281 g/mol. The maximum Gasteiger partial charge on any atom is 0.257 e. The lowest BCUT2D eigenvalue weighted by molar-refractivity contribution is -0.119. The van der Waals surface area contributed by atoms with Crippen molar-refractivity contribution in [3.63, 3.8) is 0 Å². The summed E-state index contributed by atoms with van der Waals surface area (Å²) in [7, 11) is 0. The van der Waals surface area contributed by atoms with Gasteiger partial charge >= 0.3 is 0 Å². The molecular formula is C18H19NO2. The third kappa shape index (κ3) is 1.01. The van der Waals surface area contributed by atoms with Crippen molar-refractivity contribution in [3.8, 4) is 0 Å². The maximum absolute atomic E-state index is 12.9. The third-order valence-corrected chi connectivity index (χ3v) is 7.28. The molecular weight excluding hydrogens is 262 g/mol. The standard InChI is InChI=1S/C18H19NO2/c20-17-12-3-1-2-4-14(12)18(21)15-10-5-9-6-11(8-10)16(19(17)18)13(15)7-9/h1-4,9-11,13,15-16,21H,5-8H2/t9-,10-,11?,13?,15?,16?,18+/m1/s1. The molecule has 3 nitrogen and oxygen atoms in total. The highest BCUT2D eigenvalue weighted by Gasteiger charge is 2.72. The molecule has 0 spiro atoms. The smallest absolute Gasteiger partial charge is 0.257 e. The molecule has 1 aromatic carbocycles. The van der Waals surface area contributed by atoms with Crippen LogP contribution in [0.25, 0.3) is 0 Å². The number of fused-ring (bicyclic) bond motifs is 3. The van der Waals surface area contributed by atoms with Gasteiger partial charge in [-0.05, 0) is 55.4 Å². The number of hydrogen-bond donors (Lipinski definition) is 1. The maximum atomic E-state index is 12.9. The van der Waals surface area contributed by atoms with Crippen LogP contribution < -0.4 is 0 Å². The van der Waals surface area contributed by atoms with Crippen molar-refractivity contribution >= 4 is 5.91 Å². The molecule has 2 aliphatic heterocycles. The predicted molar refractivity (Wildman–Crippen MR) is 76.2 cm³/mol. The van der Waals surface area contributed by atoms with Crippen molar-refractivity contribution in [1.29, 1.82) is 0 Å². The first-order chi connectivity index (χ1) is 10.2. The number of carbonyl (C=O) groups excluding carboxylic acids is 1. The van der Waals surface area contributed by atoms with Crippen LogP contribution in [0.1, 0.15) is 41.6 Å². The van der Waals surface area contributed by atoms with Gasteiger partial charge in [0.2, 0.25) is 0 Å².